The smallest absolute Gasteiger partial charge is 0.150 e. The van der Waals surface area contributed by atoms with Gasteiger partial charge in [-0.1, -0.05) is 97.3 Å². The molecule has 0 aliphatic rings. The highest BCUT2D eigenvalue weighted by Gasteiger charge is 2.06. The van der Waals surface area contributed by atoms with Gasteiger partial charge in [0.1, 0.15) is 6.29 Å². The van der Waals surface area contributed by atoms with E-state index in [-0.39, 0.29) is 0 Å². The first-order valence-electron chi connectivity index (χ1n) is 11.6. The van der Waals surface area contributed by atoms with E-state index in [0.717, 1.165) is 24.0 Å². The molecule has 0 aliphatic carbocycles. The zero-order chi connectivity index (χ0) is 19.6. The molecule has 1 atom stereocenters. The van der Waals surface area contributed by atoms with Crippen LogP contribution in [0.2, 0.25) is 0 Å². The van der Waals surface area contributed by atoms with Crippen LogP contribution in [-0.2, 0) is 0 Å². The van der Waals surface area contributed by atoms with Crippen LogP contribution in [0, 0.1) is 0 Å². The molecular weight excluding hydrogens is 330 g/mol. The maximum Gasteiger partial charge on any atom is 0.150 e. The second-order valence-corrected chi connectivity index (χ2v) is 8.02. The molecule has 1 rings (SSSR count). The van der Waals surface area contributed by atoms with Gasteiger partial charge in [-0.25, -0.2) is 0 Å². The SMILES string of the molecule is CCCCCCCCCCCCCCCC(CC)Nc1ccc(C=O)cc1. The van der Waals surface area contributed by atoms with Crippen molar-refractivity contribution < 1.29 is 4.79 Å². The van der Waals surface area contributed by atoms with E-state index in [1.54, 1.807) is 0 Å². The molecule has 0 aliphatic heterocycles. The number of aldehydes is 1. The van der Waals surface area contributed by atoms with Crippen LogP contribution in [0.15, 0.2) is 24.3 Å². The first-order chi connectivity index (χ1) is 13.3. The molecule has 0 fully saturated rings. The van der Waals surface area contributed by atoms with Crippen molar-refractivity contribution >= 4 is 12.0 Å². The van der Waals surface area contributed by atoms with Crippen LogP contribution < -0.4 is 5.32 Å². The lowest BCUT2D eigenvalue weighted by Crippen LogP contribution is -2.18. The van der Waals surface area contributed by atoms with Gasteiger partial charge < -0.3 is 5.32 Å². The molecule has 154 valence electrons. The van der Waals surface area contributed by atoms with Crippen LogP contribution in [-0.4, -0.2) is 12.3 Å². The summed E-state index contributed by atoms with van der Waals surface area (Å²) in [6.45, 7) is 4.53. The Kier molecular flexibility index (Phi) is 14.8. The molecular formula is C25H43NO. The summed E-state index contributed by atoms with van der Waals surface area (Å²) in [5, 5.41) is 3.61. The molecule has 1 aromatic rings. The van der Waals surface area contributed by atoms with E-state index >= 15 is 0 Å². The molecule has 2 heteroatoms. The Bertz CT molecular complexity index is 454. The lowest BCUT2D eigenvalue weighted by atomic mass is 10.0. The fraction of sp³-hybridized carbons (Fsp3) is 0.720. The number of hydrogen-bond donors (Lipinski definition) is 1. The van der Waals surface area contributed by atoms with Crippen LogP contribution in [0.1, 0.15) is 121 Å². The Morgan fingerprint density at radius 1 is 0.741 bits per heavy atom. The second kappa shape index (κ2) is 16.8. The molecule has 0 spiro atoms. The number of hydrogen-bond acceptors (Lipinski definition) is 2. The topological polar surface area (TPSA) is 29.1 Å². The van der Waals surface area contributed by atoms with Crippen molar-refractivity contribution in [2.75, 3.05) is 5.32 Å². The minimum Gasteiger partial charge on any atom is -0.382 e. The van der Waals surface area contributed by atoms with Crippen molar-refractivity contribution in [1.29, 1.82) is 0 Å². The first kappa shape index (κ1) is 23.7. The summed E-state index contributed by atoms with van der Waals surface area (Å²) in [6, 6.07) is 8.33. The Hall–Kier alpha value is -1.31. The third-order valence-electron chi connectivity index (χ3n) is 5.57. The molecule has 1 N–H and O–H groups in total. The molecule has 0 bridgehead atoms. The molecule has 1 unspecified atom stereocenters. The van der Waals surface area contributed by atoms with Crippen molar-refractivity contribution in [3.63, 3.8) is 0 Å². The fourth-order valence-electron chi connectivity index (χ4n) is 3.68. The maximum atomic E-state index is 10.7. The number of anilines is 1. The van der Waals surface area contributed by atoms with E-state index in [1.165, 1.54) is 89.9 Å². The minimum atomic E-state index is 0.541. The van der Waals surface area contributed by atoms with Crippen LogP contribution in [0.4, 0.5) is 5.69 Å². The van der Waals surface area contributed by atoms with E-state index < -0.39 is 0 Å². The van der Waals surface area contributed by atoms with Gasteiger partial charge in [-0.3, -0.25) is 4.79 Å². The third kappa shape index (κ3) is 12.7. The van der Waals surface area contributed by atoms with E-state index in [1.807, 2.05) is 24.3 Å². The summed E-state index contributed by atoms with van der Waals surface area (Å²) in [7, 11) is 0. The summed E-state index contributed by atoms with van der Waals surface area (Å²) in [4.78, 5) is 10.7. The Balaban J connectivity index is 1.95. The van der Waals surface area contributed by atoms with Crippen molar-refractivity contribution in [1.82, 2.24) is 0 Å². The Labute approximate surface area is 168 Å². The molecule has 2 nitrogen and oxygen atoms in total. The van der Waals surface area contributed by atoms with Gasteiger partial charge in [-0.2, -0.15) is 0 Å². The predicted octanol–water partition coefficient (Wildman–Crippen LogP) is 8.17. The fourth-order valence-corrected chi connectivity index (χ4v) is 3.68. The van der Waals surface area contributed by atoms with E-state index in [2.05, 4.69) is 19.2 Å². The summed E-state index contributed by atoms with van der Waals surface area (Å²) >= 11 is 0. The quantitative estimate of drug-likeness (QED) is 0.208. The lowest BCUT2D eigenvalue weighted by Gasteiger charge is -2.18. The zero-order valence-corrected chi connectivity index (χ0v) is 18.0. The molecule has 0 amide bonds. The molecule has 0 heterocycles. The first-order valence-corrected chi connectivity index (χ1v) is 11.6. The lowest BCUT2D eigenvalue weighted by molar-refractivity contribution is 0.112. The highest BCUT2D eigenvalue weighted by molar-refractivity contribution is 5.75. The van der Waals surface area contributed by atoms with Gasteiger partial charge in [-0.15, -0.1) is 0 Å². The number of rotatable bonds is 18. The zero-order valence-electron chi connectivity index (χ0n) is 18.0. The summed E-state index contributed by atoms with van der Waals surface area (Å²) in [5.41, 5.74) is 1.87. The predicted molar refractivity (Wildman–Crippen MR) is 120 cm³/mol. The largest absolute Gasteiger partial charge is 0.382 e. The Morgan fingerprint density at radius 3 is 1.67 bits per heavy atom. The van der Waals surface area contributed by atoms with Gasteiger partial charge in [0.25, 0.3) is 0 Å². The van der Waals surface area contributed by atoms with E-state index in [9.17, 15) is 4.79 Å². The molecule has 27 heavy (non-hydrogen) atoms. The van der Waals surface area contributed by atoms with Gasteiger partial charge in [0, 0.05) is 17.3 Å². The van der Waals surface area contributed by atoms with Gasteiger partial charge >= 0.3 is 0 Å². The number of benzene rings is 1. The van der Waals surface area contributed by atoms with Gasteiger partial charge in [0.05, 0.1) is 0 Å². The summed E-state index contributed by atoms with van der Waals surface area (Å²) < 4.78 is 0. The average Bonchev–Trinajstić information content (AvgIpc) is 2.71. The molecule has 0 saturated carbocycles. The third-order valence-corrected chi connectivity index (χ3v) is 5.57. The Morgan fingerprint density at radius 2 is 1.22 bits per heavy atom. The molecule has 0 saturated heterocycles. The van der Waals surface area contributed by atoms with E-state index in [0.29, 0.717) is 6.04 Å². The molecule has 1 aromatic carbocycles. The second-order valence-electron chi connectivity index (χ2n) is 8.02. The van der Waals surface area contributed by atoms with Gasteiger partial charge in [0.15, 0.2) is 0 Å². The van der Waals surface area contributed by atoms with Crippen LogP contribution in [0.25, 0.3) is 0 Å². The average molecular weight is 374 g/mol. The van der Waals surface area contributed by atoms with Crippen LogP contribution in [0.5, 0.6) is 0 Å². The maximum absolute atomic E-state index is 10.7. The van der Waals surface area contributed by atoms with Crippen LogP contribution in [0.3, 0.4) is 0 Å². The molecule has 0 radical (unpaired) electrons. The summed E-state index contributed by atoms with van der Waals surface area (Å²) in [6.07, 6.45) is 21.6. The van der Waals surface area contributed by atoms with Gasteiger partial charge in [-0.05, 0) is 37.1 Å². The number of nitrogens with one attached hydrogen (secondary N) is 1. The van der Waals surface area contributed by atoms with Crippen molar-refractivity contribution in [3.05, 3.63) is 29.8 Å². The highest BCUT2D eigenvalue weighted by atomic mass is 16.1. The number of unbranched alkanes of at least 4 members (excludes halogenated alkanes) is 12. The van der Waals surface area contributed by atoms with Crippen molar-refractivity contribution in [2.24, 2.45) is 0 Å². The van der Waals surface area contributed by atoms with Crippen molar-refractivity contribution in [3.8, 4) is 0 Å². The minimum absolute atomic E-state index is 0.541. The monoisotopic (exact) mass is 373 g/mol. The van der Waals surface area contributed by atoms with Gasteiger partial charge in [0.2, 0.25) is 0 Å². The standard InChI is InChI=1S/C25H43NO/c1-3-5-6-7-8-9-10-11-12-13-14-15-16-17-24(4-2)26-25-20-18-23(22-27)19-21-25/h18-22,24,26H,3-17H2,1-2H3. The normalized spacial score (nSPS) is 12.1. The number of carbonyl (C=O) groups is 1. The number of carbonyl (C=O) groups excluding carboxylic acids is 1. The van der Waals surface area contributed by atoms with Crippen LogP contribution >= 0.6 is 0 Å². The highest BCUT2D eigenvalue weighted by Crippen LogP contribution is 2.17. The van der Waals surface area contributed by atoms with E-state index in [4.69, 9.17) is 0 Å². The molecule has 0 aromatic heterocycles. The van der Waals surface area contributed by atoms with Crippen molar-refractivity contribution in [2.45, 2.75) is 116 Å². The summed E-state index contributed by atoms with van der Waals surface area (Å²) in [5.74, 6) is 0.